The van der Waals surface area contributed by atoms with E-state index in [0.717, 1.165) is 0 Å². The van der Waals surface area contributed by atoms with Gasteiger partial charge >= 0.3 is 0 Å². The summed E-state index contributed by atoms with van der Waals surface area (Å²) in [5, 5.41) is 11.4. The van der Waals surface area contributed by atoms with Crippen LogP contribution in [-0.4, -0.2) is 33.0 Å². The number of nitrogens with zero attached hydrogens (tertiary/aromatic N) is 3. The number of nitrogens with one attached hydrogen (secondary N) is 1. The molecule has 0 saturated carbocycles. The number of benzene rings is 2. The van der Waals surface area contributed by atoms with Crippen molar-refractivity contribution in [1.82, 2.24) is 14.8 Å². The number of thioether (sulfide) groups is 1. The maximum absolute atomic E-state index is 13.3. The monoisotopic (exact) mass is 478 g/mol. The van der Waals surface area contributed by atoms with E-state index >= 15 is 0 Å². The Labute approximate surface area is 195 Å². The molecule has 0 radical (unpaired) electrons. The molecule has 3 aromatic rings. The summed E-state index contributed by atoms with van der Waals surface area (Å²) in [5.41, 5.74) is 0.423. The van der Waals surface area contributed by atoms with Gasteiger partial charge in [0.15, 0.2) is 17.1 Å². The zero-order valence-electron chi connectivity index (χ0n) is 18.1. The molecule has 0 aliphatic heterocycles. The second kappa shape index (κ2) is 10.7. The van der Waals surface area contributed by atoms with Crippen molar-refractivity contribution >= 4 is 35.0 Å². The largest absolute Gasteiger partial charge is 0.497 e. The summed E-state index contributed by atoms with van der Waals surface area (Å²) in [5.74, 6) is 1.20. The Bertz CT molecular complexity index is 1090. The van der Waals surface area contributed by atoms with Gasteiger partial charge in [0, 0.05) is 18.3 Å². The van der Waals surface area contributed by atoms with Gasteiger partial charge in [-0.05, 0) is 51.1 Å². The third-order valence-electron chi connectivity index (χ3n) is 4.62. The van der Waals surface area contributed by atoms with E-state index in [9.17, 15) is 9.18 Å². The number of carbonyl (C=O) groups is 1. The first-order valence-electron chi connectivity index (χ1n) is 9.98. The van der Waals surface area contributed by atoms with Gasteiger partial charge in [-0.25, -0.2) is 4.39 Å². The SMILES string of the molecule is CCn1c(SC(C)C(=O)Nc2ccc(F)c(Cl)c2)nnc1C(C)Oc1cccc(OC)c1. The first kappa shape index (κ1) is 23.9. The molecule has 2 unspecified atom stereocenters. The van der Waals surface area contributed by atoms with Gasteiger partial charge in [-0.3, -0.25) is 4.79 Å². The van der Waals surface area contributed by atoms with Gasteiger partial charge in [0.1, 0.15) is 17.3 Å². The van der Waals surface area contributed by atoms with Gasteiger partial charge in [-0.1, -0.05) is 29.4 Å². The lowest BCUT2D eigenvalue weighted by Gasteiger charge is -2.17. The van der Waals surface area contributed by atoms with Crippen LogP contribution in [0.15, 0.2) is 47.6 Å². The van der Waals surface area contributed by atoms with E-state index in [4.69, 9.17) is 21.1 Å². The van der Waals surface area contributed by atoms with Crippen LogP contribution in [-0.2, 0) is 11.3 Å². The van der Waals surface area contributed by atoms with Crippen LogP contribution in [0, 0.1) is 5.82 Å². The molecule has 0 aliphatic rings. The molecule has 10 heteroatoms. The fourth-order valence-corrected chi connectivity index (χ4v) is 4.05. The number of ether oxygens (including phenoxy) is 2. The van der Waals surface area contributed by atoms with Gasteiger partial charge in [0.2, 0.25) is 5.91 Å². The molecule has 1 aromatic heterocycles. The quantitative estimate of drug-likeness (QED) is 0.417. The third kappa shape index (κ3) is 5.72. The summed E-state index contributed by atoms with van der Waals surface area (Å²) in [7, 11) is 1.60. The fraction of sp³-hybridized carbons (Fsp3) is 0.318. The van der Waals surface area contributed by atoms with E-state index < -0.39 is 11.1 Å². The molecule has 32 heavy (non-hydrogen) atoms. The average Bonchev–Trinajstić information content (AvgIpc) is 3.19. The Kier molecular flexibility index (Phi) is 7.98. The van der Waals surface area contributed by atoms with Gasteiger partial charge in [0.25, 0.3) is 0 Å². The van der Waals surface area contributed by atoms with Gasteiger partial charge in [-0.15, -0.1) is 10.2 Å². The molecule has 0 fully saturated rings. The molecule has 170 valence electrons. The van der Waals surface area contributed by atoms with Crippen LogP contribution >= 0.6 is 23.4 Å². The maximum Gasteiger partial charge on any atom is 0.237 e. The molecule has 0 saturated heterocycles. The highest BCUT2D eigenvalue weighted by atomic mass is 35.5. The van der Waals surface area contributed by atoms with E-state index in [1.807, 2.05) is 36.6 Å². The zero-order valence-corrected chi connectivity index (χ0v) is 19.7. The Morgan fingerprint density at radius 1 is 1.22 bits per heavy atom. The number of hydrogen-bond acceptors (Lipinski definition) is 6. The number of amides is 1. The molecule has 3 rings (SSSR count). The third-order valence-corrected chi connectivity index (χ3v) is 5.99. The van der Waals surface area contributed by atoms with Gasteiger partial charge in [0.05, 0.1) is 17.4 Å². The molecule has 0 bridgehead atoms. The molecule has 1 heterocycles. The number of halogens is 2. The number of carbonyl (C=O) groups excluding carboxylic acids is 1. The maximum atomic E-state index is 13.3. The highest BCUT2D eigenvalue weighted by Gasteiger charge is 2.23. The van der Waals surface area contributed by atoms with Crippen LogP contribution in [0.25, 0.3) is 0 Å². The van der Waals surface area contributed by atoms with Crippen molar-refractivity contribution in [2.75, 3.05) is 12.4 Å². The van der Waals surface area contributed by atoms with Crippen molar-refractivity contribution < 1.29 is 18.7 Å². The highest BCUT2D eigenvalue weighted by molar-refractivity contribution is 8.00. The van der Waals surface area contributed by atoms with Crippen molar-refractivity contribution in [1.29, 1.82) is 0 Å². The van der Waals surface area contributed by atoms with Crippen molar-refractivity contribution in [3.8, 4) is 11.5 Å². The predicted molar refractivity (Wildman–Crippen MR) is 123 cm³/mol. The molecule has 2 aromatic carbocycles. The van der Waals surface area contributed by atoms with E-state index in [1.54, 1.807) is 20.1 Å². The summed E-state index contributed by atoms with van der Waals surface area (Å²) in [4.78, 5) is 12.6. The van der Waals surface area contributed by atoms with Crippen LogP contribution < -0.4 is 14.8 Å². The van der Waals surface area contributed by atoms with E-state index in [1.165, 1.54) is 30.0 Å². The summed E-state index contributed by atoms with van der Waals surface area (Å²) in [6, 6.07) is 11.4. The minimum atomic E-state index is -0.541. The summed E-state index contributed by atoms with van der Waals surface area (Å²) in [6.07, 6.45) is -0.366. The molecule has 0 aliphatic carbocycles. The van der Waals surface area contributed by atoms with Crippen LogP contribution in [0.3, 0.4) is 0 Å². The first-order chi connectivity index (χ1) is 15.3. The number of hydrogen-bond donors (Lipinski definition) is 1. The Morgan fingerprint density at radius 3 is 2.66 bits per heavy atom. The lowest BCUT2D eigenvalue weighted by Crippen LogP contribution is -2.23. The zero-order chi connectivity index (χ0) is 23.3. The molecule has 2 atom stereocenters. The number of methoxy groups -OCH3 is 1. The van der Waals surface area contributed by atoms with Crippen LogP contribution in [0.5, 0.6) is 11.5 Å². The first-order valence-corrected chi connectivity index (χ1v) is 11.2. The second-order valence-corrected chi connectivity index (χ2v) is 8.62. The van der Waals surface area contributed by atoms with E-state index in [0.29, 0.717) is 34.7 Å². The predicted octanol–water partition coefficient (Wildman–Crippen LogP) is 5.36. The van der Waals surface area contributed by atoms with Crippen LogP contribution in [0.4, 0.5) is 10.1 Å². The van der Waals surface area contributed by atoms with Crippen molar-refractivity contribution in [3.63, 3.8) is 0 Å². The Balaban J connectivity index is 1.69. The van der Waals surface area contributed by atoms with E-state index in [-0.39, 0.29) is 17.0 Å². The van der Waals surface area contributed by atoms with Crippen molar-refractivity contribution in [2.24, 2.45) is 0 Å². The minimum absolute atomic E-state index is 0.0523. The lowest BCUT2D eigenvalue weighted by atomic mass is 10.3. The molecule has 7 nitrogen and oxygen atoms in total. The Morgan fingerprint density at radius 2 is 1.97 bits per heavy atom. The summed E-state index contributed by atoms with van der Waals surface area (Å²) in [6.45, 7) is 6.23. The second-order valence-electron chi connectivity index (χ2n) is 6.90. The Hall–Kier alpha value is -2.78. The molecule has 0 spiro atoms. The average molecular weight is 479 g/mol. The number of anilines is 1. The molecular formula is C22H24ClFN4O3S. The molecule has 1 N–H and O–H groups in total. The molecular weight excluding hydrogens is 455 g/mol. The topological polar surface area (TPSA) is 78.3 Å². The van der Waals surface area contributed by atoms with Crippen molar-refractivity contribution in [3.05, 3.63) is 59.1 Å². The van der Waals surface area contributed by atoms with Gasteiger partial charge < -0.3 is 19.4 Å². The summed E-state index contributed by atoms with van der Waals surface area (Å²) >= 11 is 7.06. The minimum Gasteiger partial charge on any atom is -0.497 e. The fourth-order valence-electron chi connectivity index (χ4n) is 2.95. The van der Waals surface area contributed by atoms with E-state index in [2.05, 4.69) is 15.5 Å². The van der Waals surface area contributed by atoms with Crippen LogP contribution in [0.1, 0.15) is 32.7 Å². The smallest absolute Gasteiger partial charge is 0.237 e. The molecule has 1 amide bonds. The van der Waals surface area contributed by atoms with Crippen molar-refractivity contribution in [2.45, 2.75) is 43.8 Å². The van der Waals surface area contributed by atoms with Gasteiger partial charge in [-0.2, -0.15) is 0 Å². The highest BCUT2D eigenvalue weighted by Crippen LogP contribution is 2.29. The standard InChI is InChI=1S/C22H24ClFN4O3S/c1-5-28-20(13(2)31-17-8-6-7-16(12-17)30-4)26-27-22(28)32-14(3)21(29)25-15-9-10-19(24)18(23)11-15/h6-14H,5H2,1-4H3,(H,25,29). The van der Waals surface area contributed by atoms with Crippen LogP contribution in [0.2, 0.25) is 5.02 Å². The number of aromatic nitrogens is 3. The normalized spacial score (nSPS) is 12.8. The lowest BCUT2D eigenvalue weighted by molar-refractivity contribution is -0.115. The number of rotatable bonds is 9. The summed E-state index contributed by atoms with van der Waals surface area (Å²) < 4.78 is 26.5.